The van der Waals surface area contributed by atoms with Gasteiger partial charge in [-0.1, -0.05) is 0 Å². The third kappa shape index (κ3) is 2.43. The molecule has 0 aliphatic carbocycles. The number of aromatic hydroxyl groups is 1. The topological polar surface area (TPSA) is 46.2 Å². The lowest BCUT2D eigenvalue weighted by Gasteiger charge is -2.12. The summed E-state index contributed by atoms with van der Waals surface area (Å²) in [6.07, 6.45) is -2.63. The van der Waals surface area contributed by atoms with E-state index in [4.69, 9.17) is 5.73 Å². The van der Waals surface area contributed by atoms with Gasteiger partial charge < -0.3 is 10.8 Å². The fourth-order valence-corrected chi connectivity index (χ4v) is 2.14. The average Bonchev–Trinajstić information content (AvgIpc) is 2.12. The second-order valence-corrected chi connectivity index (χ2v) is 4.40. The molecule has 14 heavy (non-hydrogen) atoms. The van der Waals surface area contributed by atoms with Crippen molar-refractivity contribution in [3.63, 3.8) is 0 Å². The number of benzene rings is 1. The molecule has 6 heteroatoms. The molecule has 0 aromatic heterocycles. The highest BCUT2D eigenvalue weighted by Gasteiger charge is 2.19. The minimum absolute atomic E-state index is 0.0322. The van der Waals surface area contributed by atoms with Crippen LogP contribution in [0.15, 0.2) is 21.1 Å². The summed E-state index contributed by atoms with van der Waals surface area (Å²) in [4.78, 5) is 0. The largest absolute Gasteiger partial charge is 0.506 e. The van der Waals surface area contributed by atoms with Gasteiger partial charge in [0.05, 0.1) is 15.0 Å². The molecule has 0 spiro atoms. The molecule has 0 amide bonds. The van der Waals surface area contributed by atoms with Crippen LogP contribution in [0.25, 0.3) is 0 Å². The molecule has 1 rings (SSSR count). The van der Waals surface area contributed by atoms with Crippen LogP contribution < -0.4 is 5.73 Å². The standard InChI is InChI=1S/C8H7Br2F2NO/c9-4-1-3(6(13)8(11)12)2-5(10)7(4)14/h1-2,6,8,14H,13H2/t6-/m1/s1. The first-order chi connectivity index (χ1) is 6.43. The van der Waals surface area contributed by atoms with Crippen LogP contribution in [0.3, 0.4) is 0 Å². The molecular weight excluding hydrogens is 324 g/mol. The second-order valence-electron chi connectivity index (χ2n) is 2.69. The van der Waals surface area contributed by atoms with Gasteiger partial charge in [0.1, 0.15) is 5.75 Å². The van der Waals surface area contributed by atoms with Crippen molar-refractivity contribution in [3.8, 4) is 5.75 Å². The molecule has 0 saturated carbocycles. The van der Waals surface area contributed by atoms with E-state index in [9.17, 15) is 13.9 Å². The maximum absolute atomic E-state index is 12.3. The van der Waals surface area contributed by atoms with Gasteiger partial charge in [-0.2, -0.15) is 0 Å². The van der Waals surface area contributed by atoms with E-state index in [-0.39, 0.29) is 11.3 Å². The summed E-state index contributed by atoms with van der Waals surface area (Å²) in [5, 5.41) is 9.33. The van der Waals surface area contributed by atoms with Crippen molar-refractivity contribution in [2.45, 2.75) is 12.5 Å². The normalized spacial score (nSPS) is 13.3. The molecule has 2 nitrogen and oxygen atoms in total. The number of nitrogens with two attached hydrogens (primary N) is 1. The lowest BCUT2D eigenvalue weighted by Crippen LogP contribution is -2.18. The summed E-state index contributed by atoms with van der Waals surface area (Å²) in [6.45, 7) is 0. The molecule has 0 saturated heterocycles. The van der Waals surface area contributed by atoms with Crippen LogP contribution in [0, 0.1) is 0 Å². The first kappa shape index (κ1) is 11.9. The van der Waals surface area contributed by atoms with Crippen molar-refractivity contribution in [2.24, 2.45) is 5.73 Å². The average molecular weight is 331 g/mol. The minimum Gasteiger partial charge on any atom is -0.506 e. The second kappa shape index (κ2) is 4.55. The molecule has 0 heterocycles. The first-order valence-corrected chi connectivity index (χ1v) is 5.23. The Morgan fingerprint density at radius 3 is 2.00 bits per heavy atom. The van der Waals surface area contributed by atoms with Crippen LogP contribution in [0.2, 0.25) is 0 Å². The zero-order valence-electron chi connectivity index (χ0n) is 6.85. The molecule has 1 aromatic carbocycles. The van der Waals surface area contributed by atoms with Gasteiger partial charge in [-0.25, -0.2) is 8.78 Å². The molecule has 0 unspecified atom stereocenters. The Morgan fingerprint density at radius 1 is 1.21 bits per heavy atom. The maximum atomic E-state index is 12.3. The number of rotatable bonds is 2. The molecule has 0 bridgehead atoms. The van der Waals surface area contributed by atoms with Gasteiger partial charge in [-0.05, 0) is 49.6 Å². The molecule has 1 aromatic rings. The van der Waals surface area contributed by atoms with Gasteiger partial charge in [0.15, 0.2) is 0 Å². The van der Waals surface area contributed by atoms with Crippen LogP contribution in [0.1, 0.15) is 11.6 Å². The van der Waals surface area contributed by atoms with Crippen LogP contribution in [0.4, 0.5) is 8.78 Å². The fourth-order valence-electron chi connectivity index (χ4n) is 0.923. The number of phenolic OH excluding ortho intramolecular Hbond substituents is 1. The maximum Gasteiger partial charge on any atom is 0.257 e. The summed E-state index contributed by atoms with van der Waals surface area (Å²) >= 11 is 6.07. The van der Waals surface area contributed by atoms with E-state index < -0.39 is 12.5 Å². The highest BCUT2D eigenvalue weighted by molar-refractivity contribution is 9.11. The number of alkyl halides is 2. The Bertz CT molecular complexity index is 323. The van der Waals surface area contributed by atoms with E-state index in [1.165, 1.54) is 12.1 Å². The highest BCUT2D eigenvalue weighted by Crippen LogP contribution is 2.35. The number of hydrogen-bond donors (Lipinski definition) is 2. The predicted octanol–water partition coefficient (Wildman–Crippen LogP) is 3.18. The van der Waals surface area contributed by atoms with Gasteiger partial charge in [0, 0.05) is 0 Å². The third-order valence-electron chi connectivity index (χ3n) is 1.70. The summed E-state index contributed by atoms with van der Waals surface area (Å²) in [7, 11) is 0. The van der Waals surface area contributed by atoms with Crippen molar-refractivity contribution in [3.05, 3.63) is 26.6 Å². The fraction of sp³-hybridized carbons (Fsp3) is 0.250. The van der Waals surface area contributed by atoms with Crippen molar-refractivity contribution in [1.29, 1.82) is 0 Å². The minimum atomic E-state index is -2.63. The van der Waals surface area contributed by atoms with Crippen LogP contribution in [-0.2, 0) is 0 Å². The lowest BCUT2D eigenvalue weighted by molar-refractivity contribution is 0.116. The van der Waals surface area contributed by atoms with Crippen molar-refractivity contribution in [2.75, 3.05) is 0 Å². The Kier molecular flexibility index (Phi) is 3.86. The van der Waals surface area contributed by atoms with Gasteiger partial charge in [0.2, 0.25) is 0 Å². The quantitative estimate of drug-likeness (QED) is 0.874. The molecular formula is C8H7Br2F2NO. The van der Waals surface area contributed by atoms with Gasteiger partial charge in [-0.3, -0.25) is 0 Å². The van der Waals surface area contributed by atoms with E-state index in [2.05, 4.69) is 31.9 Å². The van der Waals surface area contributed by atoms with Gasteiger partial charge in [0.25, 0.3) is 6.43 Å². The number of hydrogen-bond acceptors (Lipinski definition) is 2. The lowest BCUT2D eigenvalue weighted by atomic mass is 10.1. The summed E-state index contributed by atoms with van der Waals surface area (Å²) < 4.78 is 25.2. The van der Waals surface area contributed by atoms with Crippen LogP contribution in [0.5, 0.6) is 5.75 Å². The van der Waals surface area contributed by atoms with Crippen molar-refractivity contribution < 1.29 is 13.9 Å². The molecule has 0 radical (unpaired) electrons. The van der Waals surface area contributed by atoms with Gasteiger partial charge >= 0.3 is 0 Å². The Morgan fingerprint density at radius 2 is 1.64 bits per heavy atom. The van der Waals surface area contributed by atoms with E-state index >= 15 is 0 Å². The smallest absolute Gasteiger partial charge is 0.257 e. The molecule has 0 aliphatic heterocycles. The zero-order chi connectivity index (χ0) is 10.9. The van der Waals surface area contributed by atoms with Gasteiger partial charge in [-0.15, -0.1) is 0 Å². The molecule has 1 atom stereocenters. The zero-order valence-corrected chi connectivity index (χ0v) is 10.0. The number of phenols is 1. The Hall–Kier alpha value is -0.200. The third-order valence-corrected chi connectivity index (χ3v) is 2.90. The van der Waals surface area contributed by atoms with Crippen LogP contribution in [-0.4, -0.2) is 11.5 Å². The van der Waals surface area contributed by atoms with Crippen molar-refractivity contribution >= 4 is 31.9 Å². The van der Waals surface area contributed by atoms with Crippen LogP contribution >= 0.6 is 31.9 Å². The molecule has 3 N–H and O–H groups in total. The number of halogens is 4. The van der Waals surface area contributed by atoms with E-state index in [0.29, 0.717) is 8.95 Å². The van der Waals surface area contributed by atoms with E-state index in [1.54, 1.807) is 0 Å². The Labute approximate surface area is 96.4 Å². The van der Waals surface area contributed by atoms with E-state index in [1.807, 2.05) is 0 Å². The monoisotopic (exact) mass is 329 g/mol. The van der Waals surface area contributed by atoms with Crippen molar-refractivity contribution in [1.82, 2.24) is 0 Å². The highest BCUT2D eigenvalue weighted by atomic mass is 79.9. The molecule has 78 valence electrons. The predicted molar refractivity (Wildman–Crippen MR) is 56.4 cm³/mol. The molecule has 0 fully saturated rings. The summed E-state index contributed by atoms with van der Waals surface area (Å²) in [5.41, 5.74) is 5.51. The first-order valence-electron chi connectivity index (χ1n) is 3.65. The summed E-state index contributed by atoms with van der Waals surface area (Å²) in [6, 6.07) is 1.40. The molecule has 0 aliphatic rings. The SMILES string of the molecule is N[C@H](c1cc(Br)c(O)c(Br)c1)C(F)F. The Balaban J connectivity index is 3.12. The summed E-state index contributed by atoms with van der Waals surface area (Å²) in [5.74, 6) is -0.0322. The van der Waals surface area contributed by atoms with E-state index in [0.717, 1.165) is 0 Å².